The molecule has 7 heteroatoms. The molecule has 0 unspecified atom stereocenters. The maximum Gasteiger partial charge on any atom is 0.260 e. The Hall–Kier alpha value is -2.15. The fraction of sp³-hybridized carbons (Fsp3) is 0.357. The number of carbonyl (C=O) groups is 2. The fourth-order valence-corrected chi connectivity index (χ4v) is 2.21. The molecule has 2 amide bonds. The van der Waals surface area contributed by atoms with Crippen LogP contribution >= 0.6 is 12.2 Å². The van der Waals surface area contributed by atoms with Crippen LogP contribution in [0, 0.1) is 0 Å². The van der Waals surface area contributed by atoms with Crippen LogP contribution in [0.1, 0.15) is 12.0 Å². The van der Waals surface area contributed by atoms with Crippen LogP contribution in [0.3, 0.4) is 0 Å². The monoisotopic (exact) mass is 307 g/mol. The number of nitrogens with one attached hydrogen (secondary N) is 1. The minimum Gasteiger partial charge on any atom is -0.483 e. The zero-order valence-corrected chi connectivity index (χ0v) is 12.3. The zero-order valence-electron chi connectivity index (χ0n) is 11.5. The van der Waals surface area contributed by atoms with Gasteiger partial charge in [0, 0.05) is 26.1 Å². The van der Waals surface area contributed by atoms with E-state index in [1.54, 1.807) is 29.2 Å². The molecule has 0 spiro atoms. The van der Waals surface area contributed by atoms with E-state index < -0.39 is 0 Å². The molecule has 1 aromatic rings. The van der Waals surface area contributed by atoms with Crippen LogP contribution in [0.4, 0.5) is 0 Å². The normalized spacial score (nSPS) is 15.0. The lowest BCUT2D eigenvalue weighted by atomic mass is 10.2. The molecule has 0 atom stereocenters. The second-order valence-corrected chi connectivity index (χ2v) is 5.07. The second-order valence-electron chi connectivity index (χ2n) is 4.63. The van der Waals surface area contributed by atoms with E-state index in [9.17, 15) is 9.59 Å². The fourth-order valence-electron chi connectivity index (χ4n) is 2.04. The molecular formula is C14H17N3O3S. The average molecular weight is 307 g/mol. The molecule has 1 saturated heterocycles. The Morgan fingerprint density at radius 1 is 1.38 bits per heavy atom. The molecule has 0 saturated carbocycles. The molecule has 0 bridgehead atoms. The summed E-state index contributed by atoms with van der Waals surface area (Å²) in [5.74, 6) is 0.289. The lowest BCUT2D eigenvalue weighted by Gasteiger charge is -2.20. The first-order valence-electron chi connectivity index (χ1n) is 6.64. The van der Waals surface area contributed by atoms with Crippen molar-refractivity contribution in [2.75, 3.05) is 26.2 Å². The standard InChI is InChI=1S/C14H17N3O3S/c15-14(21)10-3-1-2-4-11(10)20-9-13(19)17-7-5-12(18)16-6-8-17/h1-4H,5-9H2,(H2,15,21)(H,16,18). The van der Waals surface area contributed by atoms with E-state index in [0.29, 0.717) is 37.4 Å². The number of nitrogens with two attached hydrogens (primary N) is 1. The first-order valence-corrected chi connectivity index (χ1v) is 7.05. The third-order valence-corrected chi connectivity index (χ3v) is 3.39. The number of hydrogen-bond acceptors (Lipinski definition) is 4. The molecule has 1 heterocycles. The summed E-state index contributed by atoms with van der Waals surface area (Å²) < 4.78 is 5.52. The van der Waals surface area contributed by atoms with Crippen LogP contribution in [0.25, 0.3) is 0 Å². The first-order chi connectivity index (χ1) is 10.1. The summed E-state index contributed by atoms with van der Waals surface area (Å²) in [4.78, 5) is 25.2. The summed E-state index contributed by atoms with van der Waals surface area (Å²) in [6, 6.07) is 7.05. The van der Waals surface area contributed by atoms with E-state index in [1.165, 1.54) is 0 Å². The summed E-state index contributed by atoms with van der Waals surface area (Å²) in [6.07, 6.45) is 0.315. The highest BCUT2D eigenvalue weighted by molar-refractivity contribution is 7.80. The maximum absolute atomic E-state index is 12.1. The van der Waals surface area contributed by atoms with E-state index in [-0.39, 0.29) is 23.4 Å². The molecule has 21 heavy (non-hydrogen) atoms. The van der Waals surface area contributed by atoms with Gasteiger partial charge in [0.25, 0.3) is 5.91 Å². The van der Waals surface area contributed by atoms with Crippen LogP contribution in [0.15, 0.2) is 24.3 Å². The molecule has 2 rings (SSSR count). The summed E-state index contributed by atoms with van der Waals surface area (Å²) in [5, 5.41) is 2.72. The van der Waals surface area contributed by atoms with Gasteiger partial charge >= 0.3 is 0 Å². The van der Waals surface area contributed by atoms with E-state index in [1.807, 2.05) is 0 Å². The number of ether oxygens (including phenoxy) is 1. The lowest BCUT2D eigenvalue weighted by Crippen LogP contribution is -2.37. The number of para-hydroxylation sites is 1. The number of carbonyl (C=O) groups excluding carboxylic acids is 2. The highest BCUT2D eigenvalue weighted by Crippen LogP contribution is 2.17. The highest BCUT2D eigenvalue weighted by atomic mass is 32.1. The van der Waals surface area contributed by atoms with Gasteiger partial charge in [0.05, 0.1) is 5.56 Å². The van der Waals surface area contributed by atoms with Crippen LogP contribution in [0.2, 0.25) is 0 Å². The van der Waals surface area contributed by atoms with Crippen molar-refractivity contribution in [2.24, 2.45) is 5.73 Å². The number of amides is 2. The Balaban J connectivity index is 1.95. The topological polar surface area (TPSA) is 84.7 Å². The van der Waals surface area contributed by atoms with Crippen LogP contribution in [-0.2, 0) is 9.59 Å². The minimum atomic E-state index is -0.163. The molecule has 1 aliphatic rings. The SMILES string of the molecule is NC(=S)c1ccccc1OCC(=O)N1CCNC(=O)CC1. The molecule has 1 aromatic carbocycles. The largest absolute Gasteiger partial charge is 0.483 e. The maximum atomic E-state index is 12.1. The molecular weight excluding hydrogens is 290 g/mol. The number of nitrogens with zero attached hydrogens (tertiary/aromatic N) is 1. The van der Waals surface area contributed by atoms with Crippen molar-refractivity contribution in [3.63, 3.8) is 0 Å². The van der Waals surface area contributed by atoms with Gasteiger partial charge in [-0.1, -0.05) is 24.4 Å². The smallest absolute Gasteiger partial charge is 0.260 e. The average Bonchev–Trinajstić information content (AvgIpc) is 2.69. The van der Waals surface area contributed by atoms with Crippen molar-refractivity contribution in [3.8, 4) is 5.75 Å². The summed E-state index contributed by atoms with van der Waals surface area (Å²) in [7, 11) is 0. The van der Waals surface area contributed by atoms with Gasteiger partial charge in [-0.25, -0.2) is 0 Å². The van der Waals surface area contributed by atoms with Crippen molar-refractivity contribution in [2.45, 2.75) is 6.42 Å². The molecule has 0 aliphatic carbocycles. The Kier molecular flexibility index (Phi) is 5.10. The summed E-state index contributed by atoms with van der Waals surface area (Å²) >= 11 is 4.94. The van der Waals surface area contributed by atoms with Gasteiger partial charge in [-0.3, -0.25) is 9.59 Å². The summed E-state index contributed by atoms with van der Waals surface area (Å²) in [6.45, 7) is 1.26. The Bertz CT molecular complexity index is 562. The van der Waals surface area contributed by atoms with Crippen molar-refractivity contribution in [1.29, 1.82) is 0 Å². The van der Waals surface area contributed by atoms with Gasteiger partial charge in [-0.15, -0.1) is 0 Å². The third-order valence-electron chi connectivity index (χ3n) is 3.17. The van der Waals surface area contributed by atoms with E-state index in [0.717, 1.165) is 0 Å². The Morgan fingerprint density at radius 3 is 2.90 bits per heavy atom. The van der Waals surface area contributed by atoms with Crippen molar-refractivity contribution in [1.82, 2.24) is 10.2 Å². The van der Waals surface area contributed by atoms with Gasteiger partial charge in [-0.2, -0.15) is 0 Å². The molecule has 1 fully saturated rings. The van der Waals surface area contributed by atoms with Crippen LogP contribution in [-0.4, -0.2) is 47.9 Å². The minimum absolute atomic E-state index is 0.0370. The molecule has 3 N–H and O–H groups in total. The van der Waals surface area contributed by atoms with Gasteiger partial charge in [0.2, 0.25) is 5.91 Å². The number of thiocarbonyl (C=S) groups is 1. The second kappa shape index (κ2) is 7.03. The molecule has 0 aromatic heterocycles. The molecule has 112 valence electrons. The first kappa shape index (κ1) is 15.2. The van der Waals surface area contributed by atoms with Gasteiger partial charge < -0.3 is 20.7 Å². The molecule has 1 aliphatic heterocycles. The Labute approximate surface area is 128 Å². The van der Waals surface area contributed by atoms with Crippen molar-refractivity contribution >= 4 is 29.0 Å². The molecule has 6 nitrogen and oxygen atoms in total. The number of benzene rings is 1. The van der Waals surface area contributed by atoms with Gasteiger partial charge in [0.15, 0.2) is 6.61 Å². The van der Waals surface area contributed by atoms with Crippen molar-refractivity contribution in [3.05, 3.63) is 29.8 Å². The number of hydrogen-bond donors (Lipinski definition) is 2. The Morgan fingerprint density at radius 2 is 2.14 bits per heavy atom. The molecule has 0 radical (unpaired) electrons. The lowest BCUT2D eigenvalue weighted by molar-refractivity contribution is -0.133. The highest BCUT2D eigenvalue weighted by Gasteiger charge is 2.19. The van der Waals surface area contributed by atoms with Gasteiger partial charge in [-0.05, 0) is 12.1 Å². The van der Waals surface area contributed by atoms with Crippen LogP contribution < -0.4 is 15.8 Å². The predicted octanol–water partition coefficient (Wildman–Crippen LogP) is 0.0481. The van der Waals surface area contributed by atoms with E-state index in [2.05, 4.69) is 5.32 Å². The third kappa shape index (κ3) is 4.16. The van der Waals surface area contributed by atoms with E-state index >= 15 is 0 Å². The number of rotatable bonds is 4. The van der Waals surface area contributed by atoms with Crippen molar-refractivity contribution < 1.29 is 14.3 Å². The zero-order chi connectivity index (χ0) is 15.2. The summed E-state index contributed by atoms with van der Waals surface area (Å²) in [5.41, 5.74) is 6.21. The van der Waals surface area contributed by atoms with Crippen LogP contribution in [0.5, 0.6) is 5.75 Å². The predicted molar refractivity (Wildman–Crippen MR) is 82.0 cm³/mol. The van der Waals surface area contributed by atoms with E-state index in [4.69, 9.17) is 22.7 Å². The van der Waals surface area contributed by atoms with Gasteiger partial charge in [0.1, 0.15) is 10.7 Å². The quantitative estimate of drug-likeness (QED) is 0.768.